The van der Waals surface area contributed by atoms with Crippen molar-refractivity contribution in [1.82, 2.24) is 0 Å². The van der Waals surface area contributed by atoms with Crippen molar-refractivity contribution >= 4 is 0 Å². The van der Waals surface area contributed by atoms with Crippen LogP contribution in [-0.2, 0) is 5.54 Å². The van der Waals surface area contributed by atoms with Crippen LogP contribution in [0.4, 0.5) is 0 Å². The number of phenols is 1. The van der Waals surface area contributed by atoms with E-state index in [2.05, 4.69) is 0 Å². The predicted molar refractivity (Wildman–Crippen MR) is 73.1 cm³/mol. The lowest BCUT2D eigenvalue weighted by atomic mass is 9.76. The molecule has 0 amide bonds. The molecule has 1 aliphatic carbocycles. The molecule has 0 bridgehead atoms. The summed E-state index contributed by atoms with van der Waals surface area (Å²) in [5.41, 5.74) is 8.82. The Morgan fingerprint density at radius 2 is 1.78 bits per heavy atom. The Hall–Kier alpha value is -1.22. The minimum Gasteiger partial charge on any atom is -0.507 e. The lowest BCUT2D eigenvalue weighted by Gasteiger charge is -2.35. The van der Waals surface area contributed by atoms with Gasteiger partial charge in [0.15, 0.2) is 0 Å². The molecule has 0 heterocycles. The molecular formula is C15H23NO2. The van der Waals surface area contributed by atoms with Gasteiger partial charge in [-0.2, -0.15) is 0 Å². The van der Waals surface area contributed by atoms with Crippen LogP contribution in [0.15, 0.2) is 6.07 Å². The molecule has 1 aromatic rings. The molecule has 0 unspecified atom stereocenters. The topological polar surface area (TPSA) is 55.5 Å². The summed E-state index contributed by atoms with van der Waals surface area (Å²) in [7, 11) is 1.66. The van der Waals surface area contributed by atoms with E-state index in [1.54, 1.807) is 7.11 Å². The number of phenolic OH excluding ortho intramolecular Hbond substituents is 1. The van der Waals surface area contributed by atoms with Gasteiger partial charge in [0.05, 0.1) is 7.11 Å². The van der Waals surface area contributed by atoms with Gasteiger partial charge in [0.2, 0.25) is 0 Å². The van der Waals surface area contributed by atoms with Gasteiger partial charge in [0.1, 0.15) is 11.5 Å². The first-order valence-corrected chi connectivity index (χ1v) is 6.66. The zero-order valence-electron chi connectivity index (χ0n) is 11.5. The molecule has 0 spiro atoms. The van der Waals surface area contributed by atoms with E-state index in [1.165, 1.54) is 6.42 Å². The van der Waals surface area contributed by atoms with Crippen LogP contribution in [0.5, 0.6) is 11.5 Å². The average Bonchev–Trinajstić information content (AvgIpc) is 2.37. The lowest BCUT2D eigenvalue weighted by molar-refractivity contribution is 0.289. The molecule has 1 saturated carbocycles. The van der Waals surface area contributed by atoms with Crippen LogP contribution in [-0.4, -0.2) is 12.2 Å². The Morgan fingerprint density at radius 3 is 2.33 bits per heavy atom. The standard InChI is InChI=1S/C15H23NO2/c1-10-11(2)14(17)12(9-13(10)18-3)15(16)7-5-4-6-8-15/h9,17H,4-8,16H2,1-3H3. The molecule has 0 saturated heterocycles. The van der Waals surface area contributed by atoms with Gasteiger partial charge >= 0.3 is 0 Å². The van der Waals surface area contributed by atoms with Gasteiger partial charge in [0.25, 0.3) is 0 Å². The highest BCUT2D eigenvalue weighted by atomic mass is 16.5. The van der Waals surface area contributed by atoms with Crippen LogP contribution < -0.4 is 10.5 Å². The molecule has 0 atom stereocenters. The quantitative estimate of drug-likeness (QED) is 0.846. The van der Waals surface area contributed by atoms with E-state index in [-0.39, 0.29) is 0 Å². The summed E-state index contributed by atoms with van der Waals surface area (Å²) in [6.45, 7) is 3.88. The number of hydrogen-bond donors (Lipinski definition) is 2. The van der Waals surface area contributed by atoms with Crippen molar-refractivity contribution in [3.63, 3.8) is 0 Å². The lowest BCUT2D eigenvalue weighted by Crippen LogP contribution is -2.38. The van der Waals surface area contributed by atoms with Gasteiger partial charge in [-0.3, -0.25) is 0 Å². The highest BCUT2D eigenvalue weighted by Crippen LogP contribution is 2.43. The SMILES string of the molecule is COc1cc(C2(N)CCCCC2)c(O)c(C)c1C. The first-order chi connectivity index (χ1) is 8.49. The predicted octanol–water partition coefficient (Wildman–Crippen LogP) is 3.14. The molecule has 0 radical (unpaired) electrons. The Balaban J connectivity index is 2.53. The molecule has 1 aromatic carbocycles. The van der Waals surface area contributed by atoms with Crippen LogP contribution in [0.1, 0.15) is 48.8 Å². The Labute approximate surface area is 109 Å². The second-order valence-corrected chi connectivity index (χ2v) is 5.44. The summed E-state index contributed by atoms with van der Waals surface area (Å²) in [6, 6.07) is 1.92. The third-order valence-electron chi connectivity index (χ3n) is 4.32. The molecular weight excluding hydrogens is 226 g/mol. The van der Waals surface area contributed by atoms with Gasteiger partial charge in [-0.15, -0.1) is 0 Å². The van der Waals surface area contributed by atoms with E-state index >= 15 is 0 Å². The minimum absolute atomic E-state index is 0.345. The van der Waals surface area contributed by atoms with Crippen LogP contribution in [0.2, 0.25) is 0 Å². The van der Waals surface area contributed by atoms with Crippen molar-refractivity contribution in [3.05, 3.63) is 22.8 Å². The molecule has 2 rings (SSSR count). The zero-order valence-corrected chi connectivity index (χ0v) is 11.5. The van der Waals surface area contributed by atoms with Gasteiger partial charge < -0.3 is 15.6 Å². The maximum atomic E-state index is 10.4. The van der Waals surface area contributed by atoms with E-state index < -0.39 is 5.54 Å². The third kappa shape index (κ3) is 2.07. The fourth-order valence-corrected chi connectivity index (χ4v) is 2.92. The van der Waals surface area contributed by atoms with Gasteiger partial charge in [0, 0.05) is 11.1 Å². The van der Waals surface area contributed by atoms with Crippen LogP contribution in [0.25, 0.3) is 0 Å². The van der Waals surface area contributed by atoms with Crippen molar-refractivity contribution in [1.29, 1.82) is 0 Å². The first-order valence-electron chi connectivity index (χ1n) is 6.66. The van der Waals surface area contributed by atoms with E-state index in [9.17, 15) is 5.11 Å². The van der Waals surface area contributed by atoms with Crippen molar-refractivity contribution in [2.75, 3.05) is 7.11 Å². The van der Waals surface area contributed by atoms with E-state index in [0.717, 1.165) is 48.1 Å². The number of rotatable bonds is 2. The molecule has 0 aromatic heterocycles. The summed E-state index contributed by atoms with van der Waals surface area (Å²) in [5, 5.41) is 10.4. The highest BCUT2D eigenvalue weighted by molar-refractivity contribution is 5.54. The maximum Gasteiger partial charge on any atom is 0.124 e. The van der Waals surface area contributed by atoms with Crippen LogP contribution in [0, 0.1) is 13.8 Å². The van der Waals surface area contributed by atoms with Gasteiger partial charge in [-0.25, -0.2) is 0 Å². The molecule has 18 heavy (non-hydrogen) atoms. The smallest absolute Gasteiger partial charge is 0.124 e. The summed E-state index contributed by atoms with van der Waals surface area (Å²) in [4.78, 5) is 0. The van der Waals surface area contributed by atoms with Crippen LogP contribution in [0.3, 0.4) is 0 Å². The van der Waals surface area contributed by atoms with Crippen LogP contribution >= 0.6 is 0 Å². The van der Waals surface area contributed by atoms with E-state index in [0.29, 0.717) is 5.75 Å². The molecule has 1 aliphatic rings. The maximum absolute atomic E-state index is 10.4. The Bertz CT molecular complexity index is 448. The third-order valence-corrected chi connectivity index (χ3v) is 4.32. The number of nitrogens with two attached hydrogens (primary N) is 1. The van der Waals surface area contributed by atoms with Crippen molar-refractivity contribution in [3.8, 4) is 11.5 Å². The summed E-state index contributed by atoms with van der Waals surface area (Å²) >= 11 is 0. The number of ether oxygens (including phenoxy) is 1. The largest absolute Gasteiger partial charge is 0.507 e. The van der Waals surface area contributed by atoms with Crippen molar-refractivity contribution in [2.24, 2.45) is 5.73 Å². The summed E-state index contributed by atoms with van der Waals surface area (Å²) in [5.74, 6) is 1.16. The zero-order chi connectivity index (χ0) is 13.3. The monoisotopic (exact) mass is 249 g/mol. The normalized spacial score (nSPS) is 18.7. The minimum atomic E-state index is -0.395. The van der Waals surface area contributed by atoms with E-state index in [4.69, 9.17) is 10.5 Å². The molecule has 100 valence electrons. The molecule has 1 fully saturated rings. The second kappa shape index (κ2) is 4.81. The molecule has 3 N–H and O–H groups in total. The van der Waals surface area contributed by atoms with Gasteiger partial charge in [-0.1, -0.05) is 19.3 Å². The number of hydrogen-bond acceptors (Lipinski definition) is 3. The number of methoxy groups -OCH3 is 1. The molecule has 0 aliphatic heterocycles. The van der Waals surface area contributed by atoms with Gasteiger partial charge in [-0.05, 0) is 43.9 Å². The first kappa shape index (κ1) is 13.2. The van der Waals surface area contributed by atoms with Crippen molar-refractivity contribution < 1.29 is 9.84 Å². The molecule has 3 nitrogen and oxygen atoms in total. The van der Waals surface area contributed by atoms with Crippen molar-refractivity contribution in [2.45, 2.75) is 51.5 Å². The summed E-state index contributed by atoms with van der Waals surface area (Å²) < 4.78 is 5.39. The number of benzene rings is 1. The summed E-state index contributed by atoms with van der Waals surface area (Å²) in [6.07, 6.45) is 5.37. The Morgan fingerprint density at radius 1 is 1.17 bits per heavy atom. The highest BCUT2D eigenvalue weighted by Gasteiger charge is 2.33. The number of aromatic hydroxyl groups is 1. The fourth-order valence-electron chi connectivity index (χ4n) is 2.92. The van der Waals surface area contributed by atoms with E-state index in [1.807, 2.05) is 19.9 Å². The molecule has 3 heteroatoms. The second-order valence-electron chi connectivity index (χ2n) is 5.44. The Kier molecular flexibility index (Phi) is 3.53. The fraction of sp³-hybridized carbons (Fsp3) is 0.600. The average molecular weight is 249 g/mol.